The summed E-state index contributed by atoms with van der Waals surface area (Å²) < 4.78 is 6.12. The molecule has 2 aliphatic heterocycles. The summed E-state index contributed by atoms with van der Waals surface area (Å²) >= 11 is 0. The van der Waals surface area contributed by atoms with Crippen molar-refractivity contribution in [3.05, 3.63) is 42.5 Å². The van der Waals surface area contributed by atoms with Gasteiger partial charge >= 0.3 is 0 Å². The molecular formula is C20H26N2O. The van der Waals surface area contributed by atoms with Gasteiger partial charge in [-0.2, -0.15) is 0 Å². The van der Waals surface area contributed by atoms with Crippen LogP contribution in [-0.2, 0) is 0 Å². The highest BCUT2D eigenvalue weighted by atomic mass is 16.5. The molecular weight excluding hydrogens is 284 g/mol. The molecule has 0 saturated carbocycles. The minimum absolute atomic E-state index is 0.778. The smallest absolute Gasteiger partial charge is 0.127 e. The molecule has 2 fully saturated rings. The predicted molar refractivity (Wildman–Crippen MR) is 95.1 cm³/mol. The first kappa shape index (κ1) is 15.0. The molecule has 2 aromatic carbocycles. The van der Waals surface area contributed by atoms with E-state index in [2.05, 4.69) is 52.3 Å². The lowest BCUT2D eigenvalue weighted by Crippen LogP contribution is -2.38. The Morgan fingerprint density at radius 1 is 0.957 bits per heavy atom. The van der Waals surface area contributed by atoms with E-state index in [1.807, 2.05) is 0 Å². The SMILES string of the molecule is c1ccc2c(OCCN3CCCN4CCCC4C3)cccc2c1. The van der Waals surface area contributed by atoms with Crippen LogP contribution in [0.4, 0.5) is 0 Å². The van der Waals surface area contributed by atoms with E-state index in [0.29, 0.717) is 0 Å². The fraction of sp³-hybridized carbons (Fsp3) is 0.500. The minimum atomic E-state index is 0.778. The van der Waals surface area contributed by atoms with Crippen LogP contribution in [0.15, 0.2) is 42.5 Å². The highest BCUT2D eigenvalue weighted by Gasteiger charge is 2.28. The second-order valence-corrected chi connectivity index (χ2v) is 6.81. The topological polar surface area (TPSA) is 15.7 Å². The number of benzene rings is 2. The molecule has 0 aliphatic carbocycles. The van der Waals surface area contributed by atoms with Crippen molar-refractivity contribution in [2.75, 3.05) is 39.3 Å². The van der Waals surface area contributed by atoms with Gasteiger partial charge in [-0.15, -0.1) is 0 Å². The number of hydrogen-bond donors (Lipinski definition) is 0. The molecule has 2 heterocycles. The average molecular weight is 310 g/mol. The number of ether oxygens (including phenoxy) is 1. The molecule has 3 nitrogen and oxygen atoms in total. The first-order chi connectivity index (χ1) is 11.4. The zero-order valence-corrected chi connectivity index (χ0v) is 13.8. The van der Waals surface area contributed by atoms with E-state index >= 15 is 0 Å². The van der Waals surface area contributed by atoms with Crippen LogP contribution >= 0.6 is 0 Å². The summed E-state index contributed by atoms with van der Waals surface area (Å²) in [6.07, 6.45) is 4.05. The lowest BCUT2D eigenvalue weighted by Gasteiger charge is -2.25. The van der Waals surface area contributed by atoms with Crippen LogP contribution in [0.1, 0.15) is 19.3 Å². The molecule has 2 aliphatic rings. The van der Waals surface area contributed by atoms with E-state index in [-0.39, 0.29) is 0 Å². The van der Waals surface area contributed by atoms with Crippen LogP contribution < -0.4 is 4.74 Å². The van der Waals surface area contributed by atoms with Crippen molar-refractivity contribution >= 4 is 10.8 Å². The maximum Gasteiger partial charge on any atom is 0.127 e. The number of rotatable bonds is 4. The third-order valence-electron chi connectivity index (χ3n) is 5.30. The van der Waals surface area contributed by atoms with Crippen molar-refractivity contribution in [1.29, 1.82) is 0 Å². The predicted octanol–water partition coefficient (Wildman–Crippen LogP) is 3.39. The second-order valence-electron chi connectivity index (χ2n) is 6.81. The van der Waals surface area contributed by atoms with Gasteiger partial charge in [-0.05, 0) is 50.3 Å². The third-order valence-corrected chi connectivity index (χ3v) is 5.30. The summed E-state index contributed by atoms with van der Waals surface area (Å²) in [4.78, 5) is 5.28. The van der Waals surface area contributed by atoms with Crippen LogP contribution in [0, 0.1) is 0 Å². The Morgan fingerprint density at radius 3 is 2.83 bits per heavy atom. The Hall–Kier alpha value is -1.58. The molecule has 0 bridgehead atoms. The fourth-order valence-electron chi connectivity index (χ4n) is 4.09. The van der Waals surface area contributed by atoms with Gasteiger partial charge in [0.25, 0.3) is 0 Å². The number of hydrogen-bond acceptors (Lipinski definition) is 3. The van der Waals surface area contributed by atoms with Crippen molar-refractivity contribution in [2.24, 2.45) is 0 Å². The first-order valence-corrected chi connectivity index (χ1v) is 8.97. The lowest BCUT2D eigenvalue weighted by atomic mass is 10.1. The molecule has 0 radical (unpaired) electrons. The summed E-state index contributed by atoms with van der Waals surface area (Å²) in [7, 11) is 0. The fourth-order valence-corrected chi connectivity index (χ4v) is 4.09. The van der Waals surface area contributed by atoms with Crippen LogP contribution in [0.2, 0.25) is 0 Å². The average Bonchev–Trinajstić information content (AvgIpc) is 2.93. The van der Waals surface area contributed by atoms with E-state index in [1.165, 1.54) is 56.2 Å². The molecule has 0 spiro atoms. The molecule has 2 aromatic rings. The highest BCUT2D eigenvalue weighted by Crippen LogP contribution is 2.25. The van der Waals surface area contributed by atoms with Crippen molar-refractivity contribution in [2.45, 2.75) is 25.3 Å². The molecule has 0 amide bonds. The van der Waals surface area contributed by atoms with E-state index in [9.17, 15) is 0 Å². The van der Waals surface area contributed by atoms with Crippen LogP contribution in [0.3, 0.4) is 0 Å². The van der Waals surface area contributed by atoms with Crippen molar-refractivity contribution in [3.8, 4) is 5.75 Å². The van der Waals surface area contributed by atoms with Gasteiger partial charge in [0.2, 0.25) is 0 Å². The Balaban J connectivity index is 1.36. The Bertz CT molecular complexity index is 652. The van der Waals surface area contributed by atoms with Gasteiger partial charge in [0, 0.05) is 24.5 Å². The second kappa shape index (κ2) is 6.90. The van der Waals surface area contributed by atoms with Crippen molar-refractivity contribution in [3.63, 3.8) is 0 Å². The van der Waals surface area contributed by atoms with Gasteiger partial charge in [-0.1, -0.05) is 36.4 Å². The Kier molecular flexibility index (Phi) is 4.49. The molecule has 3 heteroatoms. The molecule has 122 valence electrons. The Morgan fingerprint density at radius 2 is 1.83 bits per heavy atom. The third kappa shape index (κ3) is 3.36. The molecule has 0 aromatic heterocycles. The summed E-state index contributed by atoms with van der Waals surface area (Å²) in [5.74, 6) is 1.01. The maximum absolute atomic E-state index is 6.12. The van der Waals surface area contributed by atoms with E-state index in [4.69, 9.17) is 4.74 Å². The van der Waals surface area contributed by atoms with E-state index < -0.39 is 0 Å². The zero-order chi connectivity index (χ0) is 15.5. The number of fused-ring (bicyclic) bond motifs is 2. The van der Waals surface area contributed by atoms with Crippen LogP contribution in [0.5, 0.6) is 5.75 Å². The van der Waals surface area contributed by atoms with Crippen LogP contribution in [-0.4, -0.2) is 55.2 Å². The van der Waals surface area contributed by atoms with Gasteiger partial charge in [0.1, 0.15) is 12.4 Å². The summed E-state index contributed by atoms with van der Waals surface area (Å²) in [5.41, 5.74) is 0. The minimum Gasteiger partial charge on any atom is -0.492 e. The molecule has 2 saturated heterocycles. The zero-order valence-electron chi connectivity index (χ0n) is 13.8. The van der Waals surface area contributed by atoms with E-state index in [1.54, 1.807) is 0 Å². The quantitative estimate of drug-likeness (QED) is 0.861. The van der Waals surface area contributed by atoms with Gasteiger partial charge in [-0.3, -0.25) is 9.80 Å². The molecule has 1 atom stereocenters. The number of nitrogens with zero attached hydrogens (tertiary/aromatic N) is 2. The molecule has 4 rings (SSSR count). The molecule has 23 heavy (non-hydrogen) atoms. The Labute approximate surface area is 138 Å². The maximum atomic E-state index is 6.12. The van der Waals surface area contributed by atoms with Gasteiger partial charge in [0.05, 0.1) is 0 Å². The van der Waals surface area contributed by atoms with Crippen molar-refractivity contribution in [1.82, 2.24) is 9.80 Å². The summed E-state index contributed by atoms with van der Waals surface area (Å²) in [6, 6.07) is 15.6. The molecule has 0 N–H and O–H groups in total. The standard InChI is InChI=1S/C20H26N2O/c1-2-9-19-17(6-1)7-3-10-20(19)23-15-14-21-11-5-13-22-12-4-8-18(22)16-21/h1-3,6-7,9-10,18H,4-5,8,11-16H2. The highest BCUT2D eigenvalue weighted by molar-refractivity contribution is 5.88. The normalized spacial score (nSPS) is 22.9. The van der Waals surface area contributed by atoms with Crippen molar-refractivity contribution < 1.29 is 4.74 Å². The van der Waals surface area contributed by atoms with Gasteiger partial charge in [0.15, 0.2) is 0 Å². The summed E-state index contributed by atoms with van der Waals surface area (Å²) in [5, 5.41) is 2.47. The van der Waals surface area contributed by atoms with Gasteiger partial charge < -0.3 is 4.74 Å². The molecule has 1 unspecified atom stereocenters. The van der Waals surface area contributed by atoms with E-state index in [0.717, 1.165) is 24.9 Å². The summed E-state index contributed by atoms with van der Waals surface area (Å²) in [6.45, 7) is 6.84. The van der Waals surface area contributed by atoms with Gasteiger partial charge in [-0.25, -0.2) is 0 Å². The monoisotopic (exact) mass is 310 g/mol. The lowest BCUT2D eigenvalue weighted by molar-refractivity contribution is 0.189. The van der Waals surface area contributed by atoms with Crippen LogP contribution in [0.25, 0.3) is 10.8 Å². The largest absolute Gasteiger partial charge is 0.492 e. The first-order valence-electron chi connectivity index (χ1n) is 8.97.